The van der Waals surface area contributed by atoms with Crippen LogP contribution in [0.3, 0.4) is 0 Å². The number of ether oxygens (including phenoxy) is 1. The SMILES string of the molecule is COC(=O)C(C(=O)c1ccco1)C(C)C. The highest BCUT2D eigenvalue weighted by Gasteiger charge is 2.32. The first-order valence-corrected chi connectivity index (χ1v) is 4.73. The molecule has 1 aromatic rings. The van der Waals surface area contributed by atoms with E-state index >= 15 is 0 Å². The third kappa shape index (κ3) is 2.46. The van der Waals surface area contributed by atoms with E-state index in [0.29, 0.717) is 0 Å². The summed E-state index contributed by atoms with van der Waals surface area (Å²) in [4.78, 5) is 23.3. The normalized spacial score (nSPS) is 12.5. The molecule has 0 saturated heterocycles. The molecule has 0 radical (unpaired) electrons. The zero-order chi connectivity index (χ0) is 11.4. The maximum atomic E-state index is 11.9. The van der Waals surface area contributed by atoms with Gasteiger partial charge >= 0.3 is 5.97 Å². The summed E-state index contributed by atoms with van der Waals surface area (Å²) in [6.45, 7) is 3.59. The Labute approximate surface area is 88.2 Å². The predicted octanol–water partition coefficient (Wildman–Crippen LogP) is 1.91. The van der Waals surface area contributed by atoms with E-state index in [4.69, 9.17) is 4.42 Å². The lowest BCUT2D eigenvalue weighted by atomic mass is 9.90. The molecule has 0 spiro atoms. The Morgan fingerprint density at radius 3 is 2.47 bits per heavy atom. The Hall–Kier alpha value is -1.58. The number of ketones is 1. The molecular weight excluding hydrogens is 196 g/mol. The van der Waals surface area contributed by atoms with Crippen molar-refractivity contribution in [2.24, 2.45) is 11.8 Å². The standard InChI is InChI=1S/C11H14O4/c1-7(2)9(11(13)14-3)10(12)8-5-4-6-15-8/h4-7,9H,1-3H3. The maximum absolute atomic E-state index is 11.9. The Kier molecular flexibility index (Phi) is 3.66. The second-order valence-corrected chi connectivity index (χ2v) is 3.59. The number of rotatable bonds is 4. The summed E-state index contributed by atoms with van der Waals surface area (Å²) in [6, 6.07) is 3.16. The van der Waals surface area contributed by atoms with Crippen LogP contribution in [0.2, 0.25) is 0 Å². The quantitative estimate of drug-likeness (QED) is 0.432. The maximum Gasteiger partial charge on any atom is 0.316 e. The summed E-state index contributed by atoms with van der Waals surface area (Å²) in [5, 5.41) is 0. The van der Waals surface area contributed by atoms with Crippen LogP contribution in [0, 0.1) is 11.8 Å². The van der Waals surface area contributed by atoms with Crippen LogP contribution in [0.15, 0.2) is 22.8 Å². The number of furan rings is 1. The number of hydrogen-bond acceptors (Lipinski definition) is 4. The van der Waals surface area contributed by atoms with Gasteiger partial charge < -0.3 is 9.15 Å². The van der Waals surface area contributed by atoms with Crippen LogP contribution < -0.4 is 0 Å². The highest BCUT2D eigenvalue weighted by molar-refractivity contribution is 6.07. The summed E-state index contributed by atoms with van der Waals surface area (Å²) in [5.41, 5.74) is 0. The lowest BCUT2D eigenvalue weighted by molar-refractivity contribution is -0.144. The zero-order valence-electron chi connectivity index (χ0n) is 9.02. The molecule has 0 amide bonds. The molecule has 82 valence electrons. The van der Waals surface area contributed by atoms with Crippen molar-refractivity contribution < 1.29 is 18.7 Å². The number of carbonyl (C=O) groups is 2. The van der Waals surface area contributed by atoms with Crippen molar-refractivity contribution in [2.45, 2.75) is 13.8 Å². The first-order valence-electron chi connectivity index (χ1n) is 4.73. The van der Waals surface area contributed by atoms with E-state index in [9.17, 15) is 9.59 Å². The highest BCUT2D eigenvalue weighted by atomic mass is 16.5. The molecule has 0 saturated carbocycles. The zero-order valence-corrected chi connectivity index (χ0v) is 9.02. The monoisotopic (exact) mass is 210 g/mol. The molecule has 1 atom stereocenters. The Morgan fingerprint density at radius 2 is 2.07 bits per heavy atom. The summed E-state index contributed by atoms with van der Waals surface area (Å²) in [5.74, 6) is -1.57. The van der Waals surface area contributed by atoms with Gasteiger partial charge in [-0.05, 0) is 18.1 Å². The molecular formula is C11H14O4. The van der Waals surface area contributed by atoms with Crippen molar-refractivity contribution in [1.82, 2.24) is 0 Å². The van der Waals surface area contributed by atoms with Gasteiger partial charge in [-0.1, -0.05) is 13.8 Å². The molecule has 1 aromatic heterocycles. The molecule has 15 heavy (non-hydrogen) atoms. The van der Waals surface area contributed by atoms with Crippen LogP contribution in [-0.2, 0) is 9.53 Å². The van der Waals surface area contributed by atoms with Gasteiger partial charge in [0.25, 0.3) is 0 Å². The van der Waals surface area contributed by atoms with Crippen LogP contribution in [-0.4, -0.2) is 18.9 Å². The minimum absolute atomic E-state index is 0.116. The molecule has 1 unspecified atom stereocenters. The van der Waals surface area contributed by atoms with Crippen molar-refractivity contribution >= 4 is 11.8 Å². The highest BCUT2D eigenvalue weighted by Crippen LogP contribution is 2.19. The molecule has 1 heterocycles. The molecule has 0 aromatic carbocycles. The number of carbonyl (C=O) groups excluding carboxylic acids is 2. The fourth-order valence-corrected chi connectivity index (χ4v) is 1.38. The topological polar surface area (TPSA) is 56.5 Å². The second kappa shape index (κ2) is 4.77. The number of Topliss-reactive ketones (excluding diaryl/α,β-unsaturated/α-hetero) is 1. The smallest absolute Gasteiger partial charge is 0.316 e. The van der Waals surface area contributed by atoms with E-state index in [1.807, 2.05) is 0 Å². The predicted molar refractivity (Wildman–Crippen MR) is 53.4 cm³/mol. The largest absolute Gasteiger partial charge is 0.468 e. The fourth-order valence-electron chi connectivity index (χ4n) is 1.38. The Balaban J connectivity index is 2.91. The first-order chi connectivity index (χ1) is 7.07. The first kappa shape index (κ1) is 11.5. The van der Waals surface area contributed by atoms with E-state index in [-0.39, 0.29) is 17.5 Å². The molecule has 0 aliphatic rings. The summed E-state index contributed by atoms with van der Waals surface area (Å²) in [6.07, 6.45) is 1.40. The van der Waals surface area contributed by atoms with E-state index < -0.39 is 11.9 Å². The lowest BCUT2D eigenvalue weighted by Gasteiger charge is -2.15. The Bertz CT molecular complexity index is 337. The summed E-state index contributed by atoms with van der Waals surface area (Å²) in [7, 11) is 1.27. The molecule has 4 heteroatoms. The van der Waals surface area contributed by atoms with Gasteiger partial charge in [0.1, 0.15) is 5.92 Å². The van der Waals surface area contributed by atoms with Crippen LogP contribution in [0.4, 0.5) is 0 Å². The molecule has 4 nitrogen and oxygen atoms in total. The summed E-state index contributed by atoms with van der Waals surface area (Å²) >= 11 is 0. The number of esters is 1. The van der Waals surface area contributed by atoms with Crippen molar-refractivity contribution in [1.29, 1.82) is 0 Å². The molecule has 0 aliphatic heterocycles. The van der Waals surface area contributed by atoms with E-state index in [2.05, 4.69) is 4.74 Å². The molecule has 0 fully saturated rings. The molecule has 0 bridgehead atoms. The van der Waals surface area contributed by atoms with Gasteiger partial charge in [0.05, 0.1) is 13.4 Å². The van der Waals surface area contributed by atoms with Crippen LogP contribution in [0.5, 0.6) is 0 Å². The van der Waals surface area contributed by atoms with Gasteiger partial charge in [-0.3, -0.25) is 9.59 Å². The van der Waals surface area contributed by atoms with Gasteiger partial charge in [-0.15, -0.1) is 0 Å². The minimum Gasteiger partial charge on any atom is -0.468 e. The minimum atomic E-state index is -0.791. The lowest BCUT2D eigenvalue weighted by Crippen LogP contribution is -2.29. The van der Waals surface area contributed by atoms with Crippen LogP contribution >= 0.6 is 0 Å². The third-order valence-corrected chi connectivity index (χ3v) is 2.17. The van der Waals surface area contributed by atoms with Gasteiger partial charge in [0.2, 0.25) is 5.78 Å². The van der Waals surface area contributed by atoms with Crippen LogP contribution in [0.1, 0.15) is 24.4 Å². The van der Waals surface area contributed by atoms with Crippen LogP contribution in [0.25, 0.3) is 0 Å². The average Bonchev–Trinajstić information content (AvgIpc) is 2.69. The molecule has 1 rings (SSSR count). The van der Waals surface area contributed by atoms with Gasteiger partial charge in [-0.2, -0.15) is 0 Å². The van der Waals surface area contributed by atoms with Gasteiger partial charge in [-0.25, -0.2) is 0 Å². The third-order valence-electron chi connectivity index (χ3n) is 2.17. The fraction of sp³-hybridized carbons (Fsp3) is 0.455. The van der Waals surface area contributed by atoms with Crippen molar-refractivity contribution in [3.8, 4) is 0 Å². The summed E-state index contributed by atoms with van der Waals surface area (Å²) < 4.78 is 9.56. The molecule has 0 N–H and O–H groups in total. The van der Waals surface area contributed by atoms with E-state index in [1.165, 1.54) is 13.4 Å². The van der Waals surface area contributed by atoms with Crippen molar-refractivity contribution in [3.63, 3.8) is 0 Å². The number of methoxy groups -OCH3 is 1. The van der Waals surface area contributed by atoms with Gasteiger partial charge in [0.15, 0.2) is 5.76 Å². The average molecular weight is 210 g/mol. The Morgan fingerprint density at radius 1 is 1.40 bits per heavy atom. The number of hydrogen-bond donors (Lipinski definition) is 0. The van der Waals surface area contributed by atoms with E-state index in [1.54, 1.807) is 26.0 Å². The molecule has 0 aliphatic carbocycles. The van der Waals surface area contributed by atoms with Crippen molar-refractivity contribution in [2.75, 3.05) is 7.11 Å². The second-order valence-electron chi connectivity index (χ2n) is 3.59. The van der Waals surface area contributed by atoms with Crippen molar-refractivity contribution in [3.05, 3.63) is 24.2 Å². The van der Waals surface area contributed by atoms with E-state index in [0.717, 1.165) is 0 Å². The van der Waals surface area contributed by atoms with Gasteiger partial charge in [0, 0.05) is 0 Å².